The Kier molecular flexibility index (Phi) is 2.60. The average molecular weight is 287 g/mol. The zero-order valence-corrected chi connectivity index (χ0v) is 10.8. The van der Waals surface area contributed by atoms with E-state index in [4.69, 9.17) is 19.8 Å². The molecule has 0 aromatic heterocycles. The molecule has 1 aromatic rings. The number of hydrogen-bond donors (Lipinski definition) is 1. The largest absolute Gasteiger partial charge is 0.445 e. The van der Waals surface area contributed by atoms with Crippen molar-refractivity contribution in [3.05, 3.63) is 35.9 Å². The van der Waals surface area contributed by atoms with Crippen molar-refractivity contribution in [1.29, 1.82) is 0 Å². The van der Waals surface area contributed by atoms with Crippen molar-refractivity contribution >= 4 is 6.09 Å². The van der Waals surface area contributed by atoms with Crippen molar-refractivity contribution in [1.82, 2.24) is 10.2 Å². The van der Waals surface area contributed by atoms with Crippen LogP contribution < -0.4 is 5.32 Å². The number of ether oxygens (including phenoxy) is 1. The number of carbonyl (C=O) groups excluding carboxylic acids is 1. The van der Waals surface area contributed by atoms with Crippen molar-refractivity contribution in [3.63, 3.8) is 0 Å². The van der Waals surface area contributed by atoms with Crippen LogP contribution in [-0.4, -0.2) is 37.1 Å². The maximum absolute atomic E-state index is 11.8. The lowest BCUT2D eigenvalue weighted by Crippen LogP contribution is -2.33. The van der Waals surface area contributed by atoms with Crippen molar-refractivity contribution in [3.8, 4) is 0 Å². The van der Waals surface area contributed by atoms with E-state index in [1.165, 1.54) is 0 Å². The van der Waals surface area contributed by atoms with Gasteiger partial charge in [-0.1, -0.05) is 36.7 Å². The van der Waals surface area contributed by atoms with Crippen molar-refractivity contribution in [2.24, 2.45) is 0 Å². The molecule has 4 heteroatoms. The molecule has 1 aliphatic rings. The number of hydrogen-bond acceptors (Lipinski definition) is 3. The molecule has 20 heavy (non-hydrogen) atoms. The maximum atomic E-state index is 11.8. The second-order valence-electron chi connectivity index (χ2n) is 3.93. The van der Waals surface area contributed by atoms with E-state index in [2.05, 4.69) is 5.32 Å². The van der Waals surface area contributed by atoms with Crippen LogP contribution in [0.4, 0.5) is 4.79 Å². The lowest BCUT2D eigenvalue weighted by atomic mass is 10.1. The van der Waals surface area contributed by atoms with E-state index in [1.54, 1.807) is 30.3 Å². The van der Waals surface area contributed by atoms with E-state index in [1.807, 2.05) is 0 Å². The summed E-state index contributed by atoms with van der Waals surface area (Å²) in [6.07, 6.45) is -11.7. The van der Waals surface area contributed by atoms with Gasteiger partial charge >= 0.3 is 6.09 Å². The van der Waals surface area contributed by atoms with Gasteiger partial charge < -0.3 is 15.0 Å². The molecular weight excluding hydrogens is 252 g/mol. The molecule has 0 saturated carbocycles. The summed E-state index contributed by atoms with van der Waals surface area (Å²) < 4.78 is 92.2. The monoisotopic (exact) mass is 287 g/mol. The topological polar surface area (TPSA) is 41.6 Å². The van der Waals surface area contributed by atoms with Crippen LogP contribution in [0, 0.1) is 0 Å². The number of benzene rings is 1. The fourth-order valence-electron chi connectivity index (χ4n) is 1.47. The van der Waals surface area contributed by atoms with Crippen molar-refractivity contribution in [2.75, 3.05) is 26.1 Å². The third-order valence-corrected chi connectivity index (χ3v) is 2.42. The molecule has 1 aliphatic heterocycles. The van der Waals surface area contributed by atoms with Gasteiger partial charge in [-0.2, -0.15) is 0 Å². The van der Waals surface area contributed by atoms with Gasteiger partial charge in [0.1, 0.15) is 6.61 Å². The number of piperidine rings is 1. The maximum Gasteiger partial charge on any atom is 0.407 e. The Morgan fingerprint density at radius 2 is 2.05 bits per heavy atom. The first kappa shape index (κ1) is 6.06. The first-order valence-corrected chi connectivity index (χ1v) is 6.18. The van der Waals surface area contributed by atoms with E-state index in [0.29, 0.717) is 0 Å². The Bertz CT molecular complexity index is 759. The second kappa shape index (κ2) is 8.59. The lowest BCUT2D eigenvalue weighted by Gasteiger charge is -2.26. The van der Waals surface area contributed by atoms with Crippen LogP contribution in [0.1, 0.15) is 46.2 Å². The predicted octanol–water partition coefficient (Wildman–Crippen LogP) is 2.79. The molecule has 0 radical (unpaired) electrons. The van der Waals surface area contributed by atoms with Crippen LogP contribution in [0.2, 0.25) is 0 Å². The molecule has 110 valence electrons. The highest BCUT2D eigenvalue weighted by Crippen LogP contribution is 2.08. The molecule has 2 rings (SSSR count). The molecule has 1 atom stereocenters. The van der Waals surface area contributed by atoms with Gasteiger partial charge in [-0.15, -0.1) is 0 Å². The summed E-state index contributed by atoms with van der Waals surface area (Å²) in [4.78, 5) is 11.8. The lowest BCUT2D eigenvalue weighted by molar-refractivity contribution is 0.138. The van der Waals surface area contributed by atoms with Crippen LogP contribution >= 0.6 is 0 Å². The molecule has 1 N–H and O–H groups in total. The molecule has 4 nitrogen and oxygen atoms in total. The molecule has 1 unspecified atom stereocenters. The highest BCUT2D eigenvalue weighted by Gasteiger charge is 2.09. The van der Waals surface area contributed by atoms with Gasteiger partial charge in [0.2, 0.25) is 0 Å². The summed E-state index contributed by atoms with van der Waals surface area (Å²) in [7, 11) is 0. The standard InChI is InChI=1S/C16H24N2O2/c19-16(20-14-15-8-3-1-4-9-15)17-10-7-13-18-11-5-2-6-12-18/h1,3-4,8-9H,2,5-7,10-14H2,(H,17,19)/i2D2,5D2,6D2,11D2,12D2,13D. The van der Waals surface area contributed by atoms with E-state index >= 15 is 0 Å². The number of likely N-dealkylation sites (tertiary alicyclic amines) is 1. The SMILES string of the molecule is [2H]C(CCNC(=O)OCc1ccccc1)N1C([2H])([2H])C([2H])([2H])C([2H])([2H])C([2H])([2H])C1([2H])[2H]. The number of nitrogens with zero attached hydrogens (tertiary/aromatic N) is 1. The Hall–Kier alpha value is -1.55. The summed E-state index contributed by atoms with van der Waals surface area (Å²) in [6, 6.07) is 8.82. The van der Waals surface area contributed by atoms with Gasteiger partial charge in [-0.05, 0) is 44.2 Å². The smallest absolute Gasteiger partial charge is 0.407 e. The van der Waals surface area contributed by atoms with Crippen molar-refractivity contribution < 1.29 is 24.6 Å². The Morgan fingerprint density at radius 1 is 1.30 bits per heavy atom. The van der Waals surface area contributed by atoms with E-state index < -0.39 is 51.1 Å². The summed E-state index contributed by atoms with van der Waals surface area (Å²) in [5.41, 5.74) is 0.740. The minimum Gasteiger partial charge on any atom is -0.445 e. The van der Waals surface area contributed by atoms with E-state index in [0.717, 1.165) is 5.56 Å². The van der Waals surface area contributed by atoms with Crippen LogP contribution in [0.15, 0.2) is 30.3 Å². The summed E-state index contributed by atoms with van der Waals surface area (Å²) >= 11 is 0. The van der Waals surface area contributed by atoms with E-state index in [9.17, 15) is 4.79 Å². The fourth-order valence-corrected chi connectivity index (χ4v) is 1.47. The summed E-state index contributed by atoms with van der Waals surface area (Å²) in [5.74, 6) is 0. The Morgan fingerprint density at radius 3 is 2.80 bits per heavy atom. The van der Waals surface area contributed by atoms with Gasteiger partial charge in [0.15, 0.2) is 0 Å². The molecule has 0 spiro atoms. The zero-order chi connectivity index (χ0) is 23.9. The van der Waals surface area contributed by atoms with Gasteiger partial charge in [-0.3, -0.25) is 0 Å². The van der Waals surface area contributed by atoms with Gasteiger partial charge in [0, 0.05) is 21.6 Å². The third-order valence-electron chi connectivity index (χ3n) is 2.42. The molecule has 0 bridgehead atoms. The average Bonchev–Trinajstić information content (AvgIpc) is 2.65. The second-order valence-corrected chi connectivity index (χ2v) is 3.93. The van der Waals surface area contributed by atoms with Crippen LogP contribution in [0.25, 0.3) is 0 Å². The Labute approximate surface area is 136 Å². The molecule has 1 aromatic carbocycles. The quantitative estimate of drug-likeness (QED) is 0.875. The highest BCUT2D eigenvalue weighted by molar-refractivity contribution is 5.67. The van der Waals surface area contributed by atoms with Gasteiger partial charge in [0.25, 0.3) is 0 Å². The first-order valence-electron chi connectivity index (χ1n) is 11.8. The number of carbonyl (C=O) groups is 1. The predicted molar refractivity (Wildman–Crippen MR) is 79.5 cm³/mol. The van der Waals surface area contributed by atoms with Crippen LogP contribution in [0.5, 0.6) is 0 Å². The fraction of sp³-hybridized carbons (Fsp3) is 0.562. The number of alkyl carbamates (subject to hydrolysis) is 1. The highest BCUT2D eigenvalue weighted by atomic mass is 16.5. The zero-order valence-electron chi connectivity index (χ0n) is 21.8. The minimum absolute atomic E-state index is 0.0102. The van der Waals surface area contributed by atoms with E-state index in [-0.39, 0.29) is 18.1 Å². The molecule has 0 aliphatic carbocycles. The number of amides is 1. The normalized spacial score (nSPS) is 38.1. The van der Waals surface area contributed by atoms with Crippen molar-refractivity contribution in [2.45, 2.75) is 32.1 Å². The molecular formula is C16H24N2O2. The van der Waals surface area contributed by atoms with Crippen LogP contribution in [0.3, 0.4) is 0 Å². The number of rotatable bonds is 6. The minimum atomic E-state index is -3.53. The molecule has 1 amide bonds. The van der Waals surface area contributed by atoms with Gasteiger partial charge in [0.05, 0.1) is 0 Å². The summed E-state index contributed by atoms with van der Waals surface area (Å²) in [5, 5.41) is 2.32. The Balaban J connectivity index is 2.07. The summed E-state index contributed by atoms with van der Waals surface area (Å²) in [6.45, 7) is -8.81. The molecule has 1 saturated heterocycles. The first-order chi connectivity index (χ1) is 14.0. The van der Waals surface area contributed by atoms with Gasteiger partial charge in [-0.25, -0.2) is 4.79 Å². The molecule has 1 fully saturated rings. The number of nitrogens with one attached hydrogen (secondary N) is 1. The van der Waals surface area contributed by atoms with Crippen LogP contribution in [-0.2, 0) is 11.3 Å². The third kappa shape index (κ3) is 5.61. The molecule has 1 heterocycles.